The van der Waals surface area contributed by atoms with Crippen molar-refractivity contribution < 1.29 is 14.3 Å². The summed E-state index contributed by atoms with van der Waals surface area (Å²) < 4.78 is 10.6. The van der Waals surface area contributed by atoms with Gasteiger partial charge in [0.2, 0.25) is 6.79 Å². The van der Waals surface area contributed by atoms with Crippen molar-refractivity contribution in [3.05, 3.63) is 23.8 Å². The van der Waals surface area contributed by atoms with Crippen LogP contribution >= 0.6 is 0 Å². The molecule has 1 saturated heterocycles. The zero-order valence-corrected chi connectivity index (χ0v) is 11.7. The molecule has 0 bridgehead atoms. The molecular formula is C15H20N2O3. The minimum atomic E-state index is 0.129. The molecule has 5 nitrogen and oxygen atoms in total. The van der Waals surface area contributed by atoms with Crippen LogP contribution in [0.15, 0.2) is 18.2 Å². The molecule has 3 rings (SSSR count). The first kappa shape index (κ1) is 13.4. The summed E-state index contributed by atoms with van der Waals surface area (Å²) in [6.45, 7) is 2.76. The van der Waals surface area contributed by atoms with Crippen LogP contribution in [0.4, 0.5) is 0 Å². The Labute approximate surface area is 118 Å². The number of carbonyl (C=O) groups is 1. The Balaban J connectivity index is 1.63. The highest BCUT2D eigenvalue weighted by atomic mass is 16.7. The predicted molar refractivity (Wildman–Crippen MR) is 75.4 cm³/mol. The van der Waals surface area contributed by atoms with Gasteiger partial charge in [0.25, 0.3) is 0 Å². The lowest BCUT2D eigenvalue weighted by atomic mass is 10.0. The van der Waals surface area contributed by atoms with Gasteiger partial charge < -0.3 is 14.8 Å². The zero-order valence-electron chi connectivity index (χ0n) is 11.7. The van der Waals surface area contributed by atoms with Crippen LogP contribution in [-0.4, -0.2) is 50.2 Å². The lowest BCUT2D eigenvalue weighted by Gasteiger charge is -2.31. The van der Waals surface area contributed by atoms with Crippen molar-refractivity contribution in [2.24, 2.45) is 0 Å². The summed E-state index contributed by atoms with van der Waals surface area (Å²) in [5.41, 5.74) is 0.690. The van der Waals surface area contributed by atoms with Gasteiger partial charge in [0.1, 0.15) is 0 Å². The molecule has 0 spiro atoms. The summed E-state index contributed by atoms with van der Waals surface area (Å²) in [6, 6.07) is 5.89. The summed E-state index contributed by atoms with van der Waals surface area (Å²) in [6.07, 6.45) is 2.20. The van der Waals surface area contributed by atoms with Crippen LogP contribution < -0.4 is 14.8 Å². The molecule has 1 fully saturated rings. The molecule has 2 aliphatic heterocycles. The van der Waals surface area contributed by atoms with Gasteiger partial charge in [-0.1, -0.05) is 0 Å². The molecule has 0 amide bonds. The van der Waals surface area contributed by atoms with E-state index in [-0.39, 0.29) is 12.6 Å². The van der Waals surface area contributed by atoms with Crippen molar-refractivity contribution in [3.63, 3.8) is 0 Å². The number of likely N-dealkylation sites (N-methyl/N-ethyl adjacent to an activating group) is 1. The quantitative estimate of drug-likeness (QED) is 0.840. The summed E-state index contributed by atoms with van der Waals surface area (Å²) in [5.74, 6) is 1.51. The molecule has 0 aromatic heterocycles. The topological polar surface area (TPSA) is 50.8 Å². The first-order valence-corrected chi connectivity index (χ1v) is 7.08. The third kappa shape index (κ3) is 2.78. The molecule has 1 aromatic carbocycles. The number of benzene rings is 1. The van der Waals surface area contributed by atoms with E-state index in [1.165, 1.54) is 0 Å². The van der Waals surface area contributed by atoms with Gasteiger partial charge in [0, 0.05) is 11.6 Å². The van der Waals surface area contributed by atoms with Gasteiger partial charge in [-0.05, 0) is 51.2 Å². The maximum atomic E-state index is 12.3. The minimum Gasteiger partial charge on any atom is -0.454 e. The number of carbonyl (C=O) groups excluding carboxylic acids is 1. The fourth-order valence-electron chi connectivity index (χ4n) is 2.76. The van der Waals surface area contributed by atoms with Crippen LogP contribution in [0.1, 0.15) is 23.2 Å². The van der Waals surface area contributed by atoms with Crippen LogP contribution in [0.25, 0.3) is 0 Å². The van der Waals surface area contributed by atoms with Gasteiger partial charge in [0.05, 0.1) is 6.54 Å². The van der Waals surface area contributed by atoms with E-state index in [9.17, 15) is 4.79 Å². The summed E-state index contributed by atoms with van der Waals surface area (Å²) in [4.78, 5) is 14.5. The number of fused-ring (bicyclic) bond motifs is 1. The van der Waals surface area contributed by atoms with Crippen molar-refractivity contribution in [3.8, 4) is 11.5 Å². The number of nitrogens with one attached hydrogen (secondary N) is 1. The van der Waals surface area contributed by atoms with Gasteiger partial charge in [-0.3, -0.25) is 9.69 Å². The highest BCUT2D eigenvalue weighted by molar-refractivity contribution is 5.98. The van der Waals surface area contributed by atoms with Gasteiger partial charge in [-0.2, -0.15) is 0 Å². The Kier molecular flexibility index (Phi) is 3.89. The number of hydrogen-bond donors (Lipinski definition) is 1. The van der Waals surface area contributed by atoms with E-state index in [1.807, 2.05) is 13.1 Å². The van der Waals surface area contributed by atoms with E-state index in [4.69, 9.17) is 9.47 Å². The molecule has 0 radical (unpaired) electrons. The number of hydrogen-bond acceptors (Lipinski definition) is 5. The molecule has 108 valence electrons. The summed E-state index contributed by atoms with van der Waals surface area (Å²) in [5, 5.41) is 3.34. The minimum absolute atomic E-state index is 0.129. The van der Waals surface area contributed by atoms with Crippen molar-refractivity contribution in [2.45, 2.75) is 18.9 Å². The average Bonchev–Trinajstić information content (AvgIpc) is 2.95. The number of piperidine rings is 1. The Morgan fingerprint density at radius 2 is 2.05 bits per heavy atom. The van der Waals surface area contributed by atoms with Gasteiger partial charge >= 0.3 is 0 Å². The van der Waals surface area contributed by atoms with Crippen molar-refractivity contribution >= 4 is 5.78 Å². The van der Waals surface area contributed by atoms with E-state index in [1.54, 1.807) is 12.1 Å². The molecular weight excluding hydrogens is 256 g/mol. The van der Waals surface area contributed by atoms with Crippen LogP contribution in [0.2, 0.25) is 0 Å². The fourth-order valence-corrected chi connectivity index (χ4v) is 2.76. The monoisotopic (exact) mass is 276 g/mol. The normalized spacial score (nSPS) is 18.5. The van der Waals surface area contributed by atoms with E-state index in [0.717, 1.165) is 25.9 Å². The molecule has 5 heteroatoms. The average molecular weight is 276 g/mol. The number of Topliss-reactive ketones (excluding diaryl/α,β-unsaturated/α-hetero) is 1. The third-order valence-electron chi connectivity index (χ3n) is 4.02. The summed E-state index contributed by atoms with van der Waals surface area (Å²) >= 11 is 0. The molecule has 20 heavy (non-hydrogen) atoms. The fraction of sp³-hybridized carbons (Fsp3) is 0.533. The van der Waals surface area contributed by atoms with Gasteiger partial charge in [-0.25, -0.2) is 0 Å². The van der Waals surface area contributed by atoms with Crippen LogP contribution in [0.3, 0.4) is 0 Å². The lowest BCUT2D eigenvalue weighted by molar-refractivity contribution is 0.0903. The highest BCUT2D eigenvalue weighted by Gasteiger charge is 2.21. The maximum Gasteiger partial charge on any atom is 0.231 e. The Morgan fingerprint density at radius 3 is 2.85 bits per heavy atom. The standard InChI is InChI=1S/C15H20N2O3/c1-17(12-4-6-16-7-5-12)9-13(18)11-2-3-14-15(8-11)20-10-19-14/h2-3,8,12,16H,4-7,9-10H2,1H3. The Hall–Kier alpha value is -1.59. The Morgan fingerprint density at radius 1 is 1.30 bits per heavy atom. The largest absolute Gasteiger partial charge is 0.454 e. The molecule has 0 atom stereocenters. The highest BCUT2D eigenvalue weighted by Crippen LogP contribution is 2.32. The van der Waals surface area contributed by atoms with Gasteiger partial charge in [0.15, 0.2) is 17.3 Å². The molecule has 1 aromatic rings. The van der Waals surface area contributed by atoms with Crippen LogP contribution in [0, 0.1) is 0 Å². The SMILES string of the molecule is CN(CC(=O)c1ccc2c(c1)OCO2)C1CCNCC1. The molecule has 2 heterocycles. The smallest absolute Gasteiger partial charge is 0.231 e. The Bertz CT molecular complexity index is 498. The van der Waals surface area contributed by atoms with Crippen LogP contribution in [0.5, 0.6) is 11.5 Å². The van der Waals surface area contributed by atoms with Crippen LogP contribution in [-0.2, 0) is 0 Å². The van der Waals surface area contributed by atoms with E-state index in [2.05, 4.69) is 10.2 Å². The molecule has 0 unspecified atom stereocenters. The van der Waals surface area contributed by atoms with E-state index < -0.39 is 0 Å². The second-order valence-electron chi connectivity index (χ2n) is 5.39. The number of rotatable bonds is 4. The first-order valence-electron chi connectivity index (χ1n) is 7.08. The predicted octanol–water partition coefficient (Wildman–Crippen LogP) is 1.28. The zero-order chi connectivity index (χ0) is 13.9. The molecule has 2 aliphatic rings. The molecule has 1 N–H and O–H groups in total. The number of nitrogens with zero attached hydrogens (tertiary/aromatic N) is 1. The lowest BCUT2D eigenvalue weighted by Crippen LogP contribution is -2.43. The summed E-state index contributed by atoms with van der Waals surface area (Å²) in [7, 11) is 2.03. The molecule has 0 saturated carbocycles. The third-order valence-corrected chi connectivity index (χ3v) is 4.02. The van der Waals surface area contributed by atoms with Gasteiger partial charge in [-0.15, -0.1) is 0 Å². The number of ketones is 1. The second kappa shape index (κ2) is 5.81. The van der Waals surface area contributed by atoms with E-state index >= 15 is 0 Å². The second-order valence-corrected chi connectivity index (χ2v) is 5.39. The van der Waals surface area contributed by atoms with Crippen molar-refractivity contribution in [1.82, 2.24) is 10.2 Å². The number of ether oxygens (including phenoxy) is 2. The molecule has 0 aliphatic carbocycles. The van der Waals surface area contributed by atoms with E-state index in [0.29, 0.717) is 29.6 Å². The maximum absolute atomic E-state index is 12.3. The van der Waals surface area contributed by atoms with Crippen molar-refractivity contribution in [1.29, 1.82) is 0 Å². The first-order chi connectivity index (χ1) is 9.74. The van der Waals surface area contributed by atoms with Crippen molar-refractivity contribution in [2.75, 3.05) is 33.5 Å².